The fourth-order valence-corrected chi connectivity index (χ4v) is 1.85. The molecule has 4 nitrogen and oxygen atoms in total. The van der Waals surface area contributed by atoms with Crippen molar-refractivity contribution in [2.24, 2.45) is 5.41 Å². The topological polar surface area (TPSA) is 55.4 Å². The summed E-state index contributed by atoms with van der Waals surface area (Å²) in [5.41, 5.74) is -0.0715. The van der Waals surface area contributed by atoms with Gasteiger partial charge in [-0.15, -0.1) is 0 Å². The van der Waals surface area contributed by atoms with Crippen molar-refractivity contribution in [2.75, 3.05) is 20.3 Å². The molecule has 0 aliphatic heterocycles. The third-order valence-electron chi connectivity index (χ3n) is 2.36. The van der Waals surface area contributed by atoms with Gasteiger partial charge in [0, 0.05) is 20.3 Å². The Bertz CT molecular complexity index is 270. The van der Waals surface area contributed by atoms with Crippen LogP contribution in [0.5, 0.6) is 0 Å². The van der Waals surface area contributed by atoms with Gasteiger partial charge in [0.1, 0.15) is 0 Å². The molecule has 0 fully saturated rings. The summed E-state index contributed by atoms with van der Waals surface area (Å²) in [6, 6.07) is 0. The highest BCUT2D eigenvalue weighted by atomic mass is 32.2. The van der Waals surface area contributed by atoms with E-state index in [1.54, 1.807) is 21.0 Å². The summed E-state index contributed by atoms with van der Waals surface area (Å²) in [6.45, 7) is 8.49. The van der Waals surface area contributed by atoms with Gasteiger partial charge in [0.05, 0.1) is 5.25 Å². The molecule has 0 aromatic carbocycles. The van der Waals surface area contributed by atoms with E-state index in [2.05, 4.69) is 4.72 Å². The van der Waals surface area contributed by atoms with Crippen LogP contribution in [-0.4, -0.2) is 33.9 Å². The molecule has 0 aromatic heterocycles. The molecule has 0 heterocycles. The molecule has 0 aliphatic carbocycles. The van der Waals surface area contributed by atoms with E-state index < -0.39 is 10.0 Å². The molecule has 0 amide bonds. The van der Waals surface area contributed by atoms with Crippen LogP contribution in [0.2, 0.25) is 0 Å². The fraction of sp³-hybridized carbons (Fsp3) is 1.00. The minimum atomic E-state index is -3.15. The molecule has 0 unspecified atom stereocenters. The van der Waals surface area contributed by atoms with Crippen LogP contribution in [0.1, 0.15) is 34.1 Å². The van der Waals surface area contributed by atoms with Crippen molar-refractivity contribution >= 4 is 10.0 Å². The van der Waals surface area contributed by atoms with E-state index in [4.69, 9.17) is 4.74 Å². The third-order valence-corrected chi connectivity index (χ3v) is 4.14. The molecule has 0 spiro atoms. The zero-order valence-electron chi connectivity index (χ0n) is 10.3. The van der Waals surface area contributed by atoms with E-state index in [1.807, 2.05) is 13.8 Å². The van der Waals surface area contributed by atoms with Crippen molar-refractivity contribution in [3.63, 3.8) is 0 Å². The Morgan fingerprint density at radius 1 is 1.33 bits per heavy atom. The molecule has 0 saturated carbocycles. The minimum Gasteiger partial charge on any atom is -0.385 e. The second-order valence-electron chi connectivity index (χ2n) is 4.82. The Balaban J connectivity index is 4.14. The van der Waals surface area contributed by atoms with E-state index in [-0.39, 0.29) is 10.7 Å². The Morgan fingerprint density at radius 3 is 2.27 bits per heavy atom. The maximum atomic E-state index is 11.5. The predicted molar refractivity (Wildman–Crippen MR) is 62.3 cm³/mol. The Hall–Kier alpha value is -0.130. The summed E-state index contributed by atoms with van der Waals surface area (Å²) in [6.07, 6.45) is 0.837. The number of ether oxygens (including phenoxy) is 1. The van der Waals surface area contributed by atoms with E-state index >= 15 is 0 Å². The van der Waals surface area contributed by atoms with Crippen LogP contribution in [0.25, 0.3) is 0 Å². The lowest BCUT2D eigenvalue weighted by molar-refractivity contribution is 0.153. The van der Waals surface area contributed by atoms with Crippen LogP contribution in [0, 0.1) is 5.41 Å². The highest BCUT2D eigenvalue weighted by Crippen LogP contribution is 2.19. The molecule has 0 radical (unpaired) electrons. The lowest BCUT2D eigenvalue weighted by atomic mass is 9.90. The van der Waals surface area contributed by atoms with Crippen molar-refractivity contribution in [3.8, 4) is 0 Å². The van der Waals surface area contributed by atoms with Crippen molar-refractivity contribution < 1.29 is 13.2 Å². The number of nitrogens with one attached hydrogen (secondary N) is 1. The predicted octanol–water partition coefficient (Wildman–Crippen LogP) is 1.38. The van der Waals surface area contributed by atoms with Crippen LogP contribution >= 0.6 is 0 Å². The Labute approximate surface area is 93.4 Å². The molecule has 1 N–H and O–H groups in total. The maximum Gasteiger partial charge on any atom is 0.213 e. The molecule has 92 valence electrons. The van der Waals surface area contributed by atoms with Gasteiger partial charge in [0.25, 0.3) is 0 Å². The zero-order valence-corrected chi connectivity index (χ0v) is 11.1. The quantitative estimate of drug-likeness (QED) is 0.727. The van der Waals surface area contributed by atoms with Gasteiger partial charge in [-0.2, -0.15) is 0 Å². The van der Waals surface area contributed by atoms with Crippen LogP contribution in [0.3, 0.4) is 0 Å². The van der Waals surface area contributed by atoms with Crippen LogP contribution in [-0.2, 0) is 14.8 Å². The summed E-state index contributed by atoms with van der Waals surface area (Å²) in [5, 5.41) is -0.379. The SMILES string of the molecule is COCCC(C)(C)CNS(=O)(=O)C(C)C. The zero-order chi connectivity index (χ0) is 12.1. The second-order valence-corrected chi connectivity index (χ2v) is 7.14. The lowest BCUT2D eigenvalue weighted by Crippen LogP contribution is -2.38. The molecule has 0 rings (SSSR count). The summed E-state index contributed by atoms with van der Waals surface area (Å²) in [4.78, 5) is 0. The van der Waals surface area contributed by atoms with Gasteiger partial charge in [-0.05, 0) is 25.7 Å². The standard InChI is InChI=1S/C10H23NO3S/c1-9(2)15(12,13)11-8-10(3,4)6-7-14-5/h9,11H,6-8H2,1-5H3. The van der Waals surface area contributed by atoms with Crippen molar-refractivity contribution in [3.05, 3.63) is 0 Å². The van der Waals surface area contributed by atoms with Crippen LogP contribution in [0.4, 0.5) is 0 Å². The number of methoxy groups -OCH3 is 1. The first kappa shape index (κ1) is 14.9. The Kier molecular flexibility index (Phi) is 5.77. The number of hydrogen-bond donors (Lipinski definition) is 1. The summed E-state index contributed by atoms with van der Waals surface area (Å²) < 4.78 is 30.6. The average Bonchev–Trinajstić information content (AvgIpc) is 2.12. The van der Waals surface area contributed by atoms with E-state index in [1.165, 1.54) is 0 Å². The first-order chi connectivity index (χ1) is 6.71. The van der Waals surface area contributed by atoms with Crippen molar-refractivity contribution in [1.29, 1.82) is 0 Å². The van der Waals surface area contributed by atoms with Crippen molar-refractivity contribution in [2.45, 2.75) is 39.4 Å². The van der Waals surface area contributed by atoms with Gasteiger partial charge >= 0.3 is 0 Å². The molecule has 15 heavy (non-hydrogen) atoms. The molecule has 0 bridgehead atoms. The van der Waals surface area contributed by atoms with Crippen LogP contribution in [0.15, 0.2) is 0 Å². The summed E-state index contributed by atoms with van der Waals surface area (Å²) in [5.74, 6) is 0. The highest BCUT2D eigenvalue weighted by Gasteiger charge is 2.22. The third kappa shape index (κ3) is 6.12. The Morgan fingerprint density at radius 2 is 1.87 bits per heavy atom. The number of rotatable bonds is 7. The normalized spacial score (nSPS) is 13.5. The van der Waals surface area contributed by atoms with Crippen molar-refractivity contribution in [1.82, 2.24) is 4.72 Å². The molecule has 0 aromatic rings. The number of hydrogen-bond acceptors (Lipinski definition) is 3. The van der Waals surface area contributed by atoms with E-state index in [9.17, 15) is 8.42 Å². The van der Waals surface area contributed by atoms with Gasteiger partial charge in [0.15, 0.2) is 0 Å². The number of sulfonamides is 1. The van der Waals surface area contributed by atoms with Gasteiger partial charge in [-0.1, -0.05) is 13.8 Å². The second kappa shape index (κ2) is 5.82. The van der Waals surface area contributed by atoms with Gasteiger partial charge < -0.3 is 4.74 Å². The highest BCUT2D eigenvalue weighted by molar-refractivity contribution is 7.90. The first-order valence-corrected chi connectivity index (χ1v) is 6.73. The molecule has 5 heteroatoms. The first-order valence-electron chi connectivity index (χ1n) is 5.19. The summed E-state index contributed by atoms with van der Waals surface area (Å²) >= 11 is 0. The molecule has 0 saturated heterocycles. The van der Waals surface area contributed by atoms with E-state index in [0.717, 1.165) is 6.42 Å². The largest absolute Gasteiger partial charge is 0.385 e. The molecule has 0 atom stereocenters. The lowest BCUT2D eigenvalue weighted by Gasteiger charge is -2.25. The smallest absolute Gasteiger partial charge is 0.213 e. The van der Waals surface area contributed by atoms with Crippen LogP contribution < -0.4 is 4.72 Å². The maximum absolute atomic E-state index is 11.5. The average molecular weight is 237 g/mol. The fourth-order valence-electron chi connectivity index (χ4n) is 0.929. The molecular formula is C10H23NO3S. The molecule has 0 aliphatic rings. The van der Waals surface area contributed by atoms with Gasteiger partial charge in [-0.25, -0.2) is 13.1 Å². The van der Waals surface area contributed by atoms with Gasteiger partial charge in [-0.3, -0.25) is 0 Å². The minimum absolute atomic E-state index is 0.0715. The van der Waals surface area contributed by atoms with Gasteiger partial charge in [0.2, 0.25) is 10.0 Å². The molecular weight excluding hydrogens is 214 g/mol. The monoisotopic (exact) mass is 237 g/mol. The summed E-state index contributed by atoms with van der Waals surface area (Å²) in [7, 11) is -1.50. The van der Waals surface area contributed by atoms with E-state index in [0.29, 0.717) is 13.2 Å².